The Hall–Kier alpha value is -4.55. The zero-order chi connectivity index (χ0) is 28.8. The fourth-order valence-corrected chi connectivity index (χ4v) is 4.88. The Balaban J connectivity index is 1.38. The number of methoxy groups -OCH3 is 1. The van der Waals surface area contributed by atoms with Crippen molar-refractivity contribution in [3.05, 3.63) is 93.9 Å². The van der Waals surface area contributed by atoms with Gasteiger partial charge in [-0.3, -0.25) is 24.6 Å². The molecule has 1 atom stereocenters. The van der Waals surface area contributed by atoms with Crippen molar-refractivity contribution in [3.63, 3.8) is 0 Å². The predicted octanol–water partition coefficient (Wildman–Crippen LogP) is 3.35. The van der Waals surface area contributed by atoms with E-state index in [1.165, 1.54) is 28.3 Å². The first-order valence-corrected chi connectivity index (χ1v) is 13.3. The molecular weight excluding hydrogens is 530 g/mol. The molecule has 0 saturated carbocycles. The number of ether oxygens (including phenoxy) is 2. The van der Waals surface area contributed by atoms with Gasteiger partial charge in [0.25, 0.3) is 17.5 Å². The van der Waals surface area contributed by atoms with Gasteiger partial charge in [-0.25, -0.2) is 5.01 Å². The zero-order valence-corrected chi connectivity index (χ0v) is 22.7. The molecule has 1 aromatic heterocycles. The maximum atomic E-state index is 13.8. The van der Waals surface area contributed by atoms with Crippen molar-refractivity contribution in [2.24, 2.45) is 5.10 Å². The Bertz CT molecular complexity index is 1380. The molecule has 41 heavy (non-hydrogen) atoms. The van der Waals surface area contributed by atoms with Crippen LogP contribution in [0.25, 0.3) is 0 Å². The van der Waals surface area contributed by atoms with E-state index in [4.69, 9.17) is 13.9 Å². The van der Waals surface area contributed by atoms with E-state index in [-0.39, 0.29) is 24.0 Å². The van der Waals surface area contributed by atoms with Gasteiger partial charge in [0.1, 0.15) is 24.1 Å². The van der Waals surface area contributed by atoms with Crippen LogP contribution in [0.3, 0.4) is 0 Å². The summed E-state index contributed by atoms with van der Waals surface area (Å²) in [6, 6.07) is 15.8. The van der Waals surface area contributed by atoms with E-state index < -0.39 is 11.0 Å². The minimum absolute atomic E-state index is 0.0316. The number of nitro groups is 1. The first-order valence-electron chi connectivity index (χ1n) is 13.3. The standard InChI is InChI=1S/C29H31N5O7/c1-39-24-10-6-22(7-11-24)29(36)32(13-12-31-14-17-40-18-15-31)20-28(35)33-26(27-3-2-16-41-27)19-25(30-33)21-4-8-23(9-5-21)34(37)38/h2-11,16,26H,12-15,17-20H2,1H3/t26-/m1/s1. The molecule has 3 heterocycles. The smallest absolute Gasteiger partial charge is 0.269 e. The van der Waals surface area contributed by atoms with E-state index in [2.05, 4.69) is 10.0 Å². The second kappa shape index (κ2) is 12.7. The largest absolute Gasteiger partial charge is 0.497 e. The number of hydrogen-bond acceptors (Lipinski definition) is 9. The maximum Gasteiger partial charge on any atom is 0.269 e. The van der Waals surface area contributed by atoms with Gasteiger partial charge in [0.15, 0.2) is 0 Å². The molecule has 0 unspecified atom stereocenters. The van der Waals surface area contributed by atoms with E-state index in [0.717, 1.165) is 13.1 Å². The van der Waals surface area contributed by atoms with Gasteiger partial charge in [-0.05, 0) is 54.1 Å². The molecule has 12 heteroatoms. The van der Waals surface area contributed by atoms with Crippen LogP contribution in [0.4, 0.5) is 5.69 Å². The number of rotatable bonds is 10. The Morgan fingerprint density at radius 1 is 1.10 bits per heavy atom. The minimum atomic E-state index is -0.514. The summed E-state index contributed by atoms with van der Waals surface area (Å²) in [4.78, 5) is 41.8. The molecule has 2 amide bonds. The highest BCUT2D eigenvalue weighted by Gasteiger charge is 2.36. The predicted molar refractivity (Wildman–Crippen MR) is 149 cm³/mol. The first-order chi connectivity index (χ1) is 19.9. The molecule has 3 aromatic rings. The Labute approximate surface area is 236 Å². The normalized spacial score (nSPS) is 17.2. The van der Waals surface area contributed by atoms with E-state index in [1.54, 1.807) is 55.6 Å². The van der Waals surface area contributed by atoms with Crippen LogP contribution in [0.15, 0.2) is 76.4 Å². The third-order valence-corrected chi connectivity index (χ3v) is 7.19. The van der Waals surface area contributed by atoms with Crippen molar-refractivity contribution in [2.45, 2.75) is 12.5 Å². The summed E-state index contributed by atoms with van der Waals surface area (Å²) in [6.07, 6.45) is 1.89. The van der Waals surface area contributed by atoms with Gasteiger partial charge in [0.05, 0.1) is 37.2 Å². The Morgan fingerprint density at radius 3 is 2.46 bits per heavy atom. The van der Waals surface area contributed by atoms with Crippen LogP contribution < -0.4 is 4.74 Å². The summed E-state index contributed by atoms with van der Waals surface area (Å²) >= 11 is 0. The second-order valence-electron chi connectivity index (χ2n) is 9.73. The van der Waals surface area contributed by atoms with E-state index in [9.17, 15) is 19.7 Å². The van der Waals surface area contributed by atoms with Crippen LogP contribution in [0.1, 0.15) is 34.1 Å². The van der Waals surface area contributed by atoms with Crippen LogP contribution >= 0.6 is 0 Å². The van der Waals surface area contributed by atoms with Crippen molar-refractivity contribution < 1.29 is 28.4 Å². The molecule has 1 saturated heterocycles. The minimum Gasteiger partial charge on any atom is -0.497 e. The van der Waals surface area contributed by atoms with E-state index >= 15 is 0 Å². The fraction of sp³-hybridized carbons (Fsp3) is 0.345. The number of amides is 2. The molecule has 0 N–H and O–H groups in total. The van der Waals surface area contributed by atoms with Gasteiger partial charge in [0.2, 0.25) is 0 Å². The number of carbonyl (C=O) groups is 2. The summed E-state index contributed by atoms with van der Waals surface area (Å²) in [5, 5.41) is 17.1. The van der Waals surface area contributed by atoms with Gasteiger partial charge < -0.3 is 18.8 Å². The van der Waals surface area contributed by atoms with Crippen molar-refractivity contribution in [2.75, 3.05) is 53.0 Å². The topological polar surface area (TPSA) is 131 Å². The number of furan rings is 1. The number of hydrogen-bond donors (Lipinski definition) is 0. The lowest BCUT2D eigenvalue weighted by Crippen LogP contribution is -2.46. The number of nitrogens with zero attached hydrogens (tertiary/aromatic N) is 5. The Morgan fingerprint density at radius 2 is 1.83 bits per heavy atom. The van der Waals surface area contributed by atoms with Gasteiger partial charge in [-0.15, -0.1) is 0 Å². The number of nitro benzene ring substituents is 1. The van der Waals surface area contributed by atoms with Crippen molar-refractivity contribution in [1.82, 2.24) is 14.8 Å². The molecule has 5 rings (SSSR count). The SMILES string of the molecule is COc1ccc(C(=O)N(CCN2CCOCC2)CC(=O)N2N=C(c3ccc([N+](=O)[O-])cc3)C[C@@H]2c2ccco2)cc1. The lowest BCUT2D eigenvalue weighted by Gasteiger charge is -2.31. The van der Waals surface area contributed by atoms with Crippen molar-refractivity contribution in [3.8, 4) is 5.75 Å². The Kier molecular flexibility index (Phi) is 8.70. The quantitative estimate of drug-likeness (QED) is 0.272. The number of non-ortho nitro benzene ring substituents is 1. The summed E-state index contributed by atoms with van der Waals surface area (Å²) in [7, 11) is 1.56. The zero-order valence-electron chi connectivity index (χ0n) is 22.7. The highest BCUT2D eigenvalue weighted by atomic mass is 16.6. The van der Waals surface area contributed by atoms with Crippen LogP contribution in [0, 0.1) is 10.1 Å². The molecule has 12 nitrogen and oxygen atoms in total. The highest BCUT2D eigenvalue weighted by Crippen LogP contribution is 2.33. The molecule has 2 aliphatic heterocycles. The van der Waals surface area contributed by atoms with E-state index in [1.807, 2.05) is 0 Å². The monoisotopic (exact) mass is 561 g/mol. The summed E-state index contributed by atoms with van der Waals surface area (Å²) in [5.41, 5.74) is 1.67. The molecule has 0 aliphatic carbocycles. The van der Waals surface area contributed by atoms with Gasteiger partial charge in [-0.1, -0.05) is 0 Å². The lowest BCUT2D eigenvalue weighted by atomic mass is 10.0. The van der Waals surface area contributed by atoms with Crippen LogP contribution in [0.2, 0.25) is 0 Å². The second-order valence-corrected chi connectivity index (χ2v) is 9.73. The van der Waals surface area contributed by atoms with Crippen LogP contribution in [-0.2, 0) is 9.53 Å². The number of benzene rings is 2. The molecule has 0 spiro atoms. The summed E-state index contributed by atoms with van der Waals surface area (Å²) < 4.78 is 16.3. The van der Waals surface area contributed by atoms with Crippen LogP contribution in [0.5, 0.6) is 5.75 Å². The number of hydrazone groups is 1. The third kappa shape index (κ3) is 6.61. The van der Waals surface area contributed by atoms with Gasteiger partial charge >= 0.3 is 0 Å². The van der Waals surface area contributed by atoms with Crippen molar-refractivity contribution in [1.29, 1.82) is 0 Å². The first kappa shape index (κ1) is 28.0. The molecule has 1 fully saturated rings. The average Bonchev–Trinajstić information content (AvgIpc) is 3.70. The molecule has 2 aromatic carbocycles. The summed E-state index contributed by atoms with van der Waals surface area (Å²) in [6.45, 7) is 3.52. The molecular formula is C29H31N5O7. The average molecular weight is 562 g/mol. The molecule has 0 radical (unpaired) electrons. The van der Waals surface area contributed by atoms with Gasteiger partial charge in [0, 0.05) is 50.3 Å². The number of carbonyl (C=O) groups excluding carboxylic acids is 2. The highest BCUT2D eigenvalue weighted by molar-refractivity contribution is 6.03. The van der Waals surface area contributed by atoms with Crippen molar-refractivity contribution >= 4 is 23.2 Å². The fourth-order valence-electron chi connectivity index (χ4n) is 4.88. The maximum absolute atomic E-state index is 13.8. The number of morpholine rings is 1. The molecule has 2 aliphatic rings. The van der Waals surface area contributed by atoms with Gasteiger partial charge in [-0.2, -0.15) is 5.10 Å². The van der Waals surface area contributed by atoms with Crippen LogP contribution in [-0.4, -0.2) is 90.3 Å². The lowest BCUT2D eigenvalue weighted by molar-refractivity contribution is -0.384. The molecule has 214 valence electrons. The third-order valence-electron chi connectivity index (χ3n) is 7.19. The molecule has 0 bridgehead atoms. The van der Waals surface area contributed by atoms with E-state index in [0.29, 0.717) is 61.1 Å². The summed E-state index contributed by atoms with van der Waals surface area (Å²) in [5.74, 6) is 0.541.